The predicted octanol–water partition coefficient (Wildman–Crippen LogP) is 2.00. The molecule has 0 aliphatic carbocycles. The first-order valence-electron chi connectivity index (χ1n) is 8.74. The lowest BCUT2D eigenvalue weighted by Crippen LogP contribution is -2.22. The fraction of sp³-hybridized carbons (Fsp3) is 0.500. The second kappa shape index (κ2) is 16.9. The van der Waals surface area contributed by atoms with Gasteiger partial charge in [0.2, 0.25) is 0 Å². The van der Waals surface area contributed by atoms with Crippen molar-refractivity contribution in [1.82, 2.24) is 0 Å². The molecule has 25 heavy (non-hydrogen) atoms. The van der Waals surface area contributed by atoms with Gasteiger partial charge >= 0.3 is 0 Å². The van der Waals surface area contributed by atoms with Gasteiger partial charge in [-0.15, -0.1) is 0 Å². The second-order valence-corrected chi connectivity index (χ2v) is 5.68. The molecule has 0 aromatic rings. The Morgan fingerprint density at radius 2 is 1.72 bits per heavy atom. The summed E-state index contributed by atoms with van der Waals surface area (Å²) in [6, 6.07) is 0. The van der Waals surface area contributed by atoms with Gasteiger partial charge in [-0.3, -0.25) is 4.79 Å². The van der Waals surface area contributed by atoms with Gasteiger partial charge in [0.25, 0.3) is 0 Å². The van der Waals surface area contributed by atoms with Crippen molar-refractivity contribution in [2.24, 2.45) is 0 Å². The Morgan fingerprint density at radius 1 is 0.960 bits per heavy atom. The lowest BCUT2D eigenvalue weighted by molar-refractivity contribution is -0.305. The number of carbonyl (C=O) groups excluding carboxylic acids is 2. The van der Waals surface area contributed by atoms with E-state index < -0.39 is 12.1 Å². The molecule has 0 radical (unpaired) electrons. The zero-order valence-corrected chi connectivity index (χ0v) is 14.7. The zero-order chi connectivity index (χ0) is 18.8. The van der Waals surface area contributed by atoms with Crippen LogP contribution in [0.4, 0.5) is 0 Å². The van der Waals surface area contributed by atoms with Crippen LogP contribution < -0.4 is 5.11 Å². The molecule has 1 atom stereocenters. The van der Waals surface area contributed by atoms with E-state index in [0.717, 1.165) is 25.7 Å². The number of rotatable bonds is 15. The number of carbonyl (C=O) groups is 2. The van der Waals surface area contributed by atoms with Crippen LogP contribution in [0.5, 0.6) is 0 Å². The number of carboxylic acids is 1. The fourth-order valence-corrected chi connectivity index (χ4v) is 1.97. The van der Waals surface area contributed by atoms with E-state index in [1.807, 2.05) is 12.2 Å². The highest BCUT2D eigenvalue weighted by Crippen LogP contribution is 2.02. The van der Waals surface area contributed by atoms with Gasteiger partial charge < -0.3 is 20.1 Å². The van der Waals surface area contributed by atoms with E-state index >= 15 is 0 Å². The molecule has 0 fully saturated rings. The van der Waals surface area contributed by atoms with Crippen LogP contribution in [0.2, 0.25) is 0 Å². The average molecular weight is 349 g/mol. The zero-order valence-electron chi connectivity index (χ0n) is 14.7. The first kappa shape index (κ1) is 23.0. The number of carboxylic acid groups (broad SMARTS) is 1. The number of unbranched alkanes of at least 4 members (excludes halogenated alkanes) is 3. The highest BCUT2D eigenvalue weighted by Gasteiger charge is 1.97. The molecule has 0 saturated heterocycles. The summed E-state index contributed by atoms with van der Waals surface area (Å²) < 4.78 is 0. The van der Waals surface area contributed by atoms with Gasteiger partial charge in [-0.1, -0.05) is 49.0 Å². The standard InChI is InChI=1S/C20H30O5/c21-17-10-6-2-1-3-7-12-18(22)13-8-4-5-9-14-19(23)15-11-16-20(24)25/h3-5,7-9,13-14,19,21,23H,1-2,6,10-12,15-17H2,(H,24,25)/p-1/b5-4+,7-3-,13-8+,14-9-/t19-/m1/s1. The molecule has 0 saturated carbocycles. The summed E-state index contributed by atoms with van der Waals surface area (Å²) in [5.74, 6) is -1.09. The number of ketones is 1. The molecule has 0 aromatic carbocycles. The Labute approximate surface area is 150 Å². The van der Waals surface area contributed by atoms with Crippen molar-refractivity contribution in [1.29, 1.82) is 0 Å². The minimum Gasteiger partial charge on any atom is -0.550 e. The molecule has 0 rings (SSSR count). The molecule has 0 spiro atoms. The van der Waals surface area contributed by atoms with Gasteiger partial charge in [0.15, 0.2) is 5.78 Å². The Morgan fingerprint density at radius 3 is 2.44 bits per heavy atom. The quantitative estimate of drug-likeness (QED) is 0.204. The monoisotopic (exact) mass is 349 g/mol. The van der Waals surface area contributed by atoms with Gasteiger partial charge in [0.1, 0.15) is 0 Å². The number of aliphatic hydroxyl groups excluding tert-OH is 2. The molecule has 140 valence electrons. The fourth-order valence-electron chi connectivity index (χ4n) is 1.97. The minimum absolute atomic E-state index is 0.0163. The summed E-state index contributed by atoms with van der Waals surface area (Å²) in [6.45, 7) is 0.233. The van der Waals surface area contributed by atoms with Crippen LogP contribution in [-0.2, 0) is 9.59 Å². The molecule has 0 heterocycles. The largest absolute Gasteiger partial charge is 0.550 e. The maximum Gasteiger partial charge on any atom is 0.159 e. The molecule has 0 amide bonds. The van der Waals surface area contributed by atoms with Gasteiger partial charge in [-0.2, -0.15) is 0 Å². The molecule has 0 unspecified atom stereocenters. The second-order valence-electron chi connectivity index (χ2n) is 5.68. The first-order valence-corrected chi connectivity index (χ1v) is 8.74. The van der Waals surface area contributed by atoms with Crippen LogP contribution in [-0.4, -0.2) is 34.7 Å². The van der Waals surface area contributed by atoms with Crippen molar-refractivity contribution in [3.63, 3.8) is 0 Å². The van der Waals surface area contributed by atoms with E-state index in [9.17, 15) is 19.8 Å². The number of allylic oxidation sites excluding steroid dienone is 7. The third-order valence-corrected chi connectivity index (χ3v) is 3.34. The van der Waals surface area contributed by atoms with E-state index in [-0.39, 0.29) is 18.8 Å². The van der Waals surface area contributed by atoms with Crippen LogP contribution in [0, 0.1) is 0 Å². The highest BCUT2D eigenvalue weighted by molar-refractivity contribution is 5.90. The average Bonchev–Trinajstić information content (AvgIpc) is 2.56. The maximum atomic E-state index is 11.6. The molecule has 0 aliphatic rings. The SMILES string of the molecule is O=C([O-])CCC[C@H](O)\C=C/C=C/C=C/C(=O)C/C=C\CCCCCO. The number of aliphatic hydroxyl groups is 2. The van der Waals surface area contributed by atoms with Gasteiger partial charge in [0, 0.05) is 19.0 Å². The van der Waals surface area contributed by atoms with Crippen molar-refractivity contribution in [2.75, 3.05) is 6.61 Å². The normalized spacial score (nSPS) is 13.5. The lowest BCUT2D eigenvalue weighted by Gasteiger charge is -2.04. The topological polar surface area (TPSA) is 97.7 Å². The summed E-state index contributed by atoms with van der Waals surface area (Å²) in [7, 11) is 0. The molecule has 0 aromatic heterocycles. The number of hydrogen-bond acceptors (Lipinski definition) is 5. The Hall–Kier alpha value is -1.98. The van der Waals surface area contributed by atoms with Crippen LogP contribution in [0.1, 0.15) is 51.4 Å². The Balaban J connectivity index is 3.81. The number of aliphatic carboxylic acids is 1. The smallest absolute Gasteiger partial charge is 0.159 e. The molecule has 0 aliphatic heterocycles. The van der Waals surface area contributed by atoms with Crippen molar-refractivity contribution in [3.8, 4) is 0 Å². The van der Waals surface area contributed by atoms with Crippen LogP contribution in [0.3, 0.4) is 0 Å². The van der Waals surface area contributed by atoms with Crippen molar-refractivity contribution in [3.05, 3.63) is 48.6 Å². The molecule has 5 nitrogen and oxygen atoms in total. The molecule has 0 bridgehead atoms. The summed E-state index contributed by atoms with van der Waals surface area (Å²) in [6.07, 6.45) is 17.8. The molecule has 2 N–H and O–H groups in total. The minimum atomic E-state index is -1.11. The lowest BCUT2D eigenvalue weighted by atomic mass is 10.1. The Bertz CT molecular complexity index is 474. The number of hydrogen-bond donors (Lipinski definition) is 2. The van der Waals surface area contributed by atoms with Gasteiger partial charge in [-0.05, 0) is 44.6 Å². The molecular formula is C20H29O5-. The van der Waals surface area contributed by atoms with Crippen molar-refractivity contribution in [2.45, 2.75) is 57.5 Å². The van der Waals surface area contributed by atoms with E-state index in [0.29, 0.717) is 19.3 Å². The Kier molecular flexibility index (Phi) is 15.5. The highest BCUT2D eigenvalue weighted by atomic mass is 16.4. The van der Waals surface area contributed by atoms with E-state index in [2.05, 4.69) is 0 Å². The van der Waals surface area contributed by atoms with E-state index in [1.165, 1.54) is 6.08 Å². The summed E-state index contributed by atoms with van der Waals surface area (Å²) in [4.78, 5) is 21.8. The van der Waals surface area contributed by atoms with Gasteiger partial charge in [-0.25, -0.2) is 0 Å². The summed E-state index contributed by atoms with van der Waals surface area (Å²) in [5.41, 5.74) is 0. The van der Waals surface area contributed by atoms with Crippen LogP contribution in [0.25, 0.3) is 0 Å². The van der Waals surface area contributed by atoms with Gasteiger partial charge in [0.05, 0.1) is 6.10 Å². The van der Waals surface area contributed by atoms with Crippen molar-refractivity contribution >= 4 is 11.8 Å². The molecular weight excluding hydrogens is 320 g/mol. The summed E-state index contributed by atoms with van der Waals surface area (Å²) in [5, 5.41) is 28.4. The van der Waals surface area contributed by atoms with E-state index in [4.69, 9.17) is 5.11 Å². The predicted molar refractivity (Wildman–Crippen MR) is 96.6 cm³/mol. The van der Waals surface area contributed by atoms with Crippen molar-refractivity contribution < 1.29 is 24.9 Å². The van der Waals surface area contributed by atoms with E-state index in [1.54, 1.807) is 30.4 Å². The third-order valence-electron chi connectivity index (χ3n) is 3.34. The van der Waals surface area contributed by atoms with Crippen LogP contribution >= 0.6 is 0 Å². The molecule has 5 heteroatoms. The first-order chi connectivity index (χ1) is 12.1. The maximum absolute atomic E-state index is 11.6. The third kappa shape index (κ3) is 18.2. The van der Waals surface area contributed by atoms with Crippen LogP contribution in [0.15, 0.2) is 48.6 Å². The summed E-state index contributed by atoms with van der Waals surface area (Å²) >= 11 is 0.